The molecule has 6 nitrogen and oxygen atoms in total. The number of hydrogen-bond donors (Lipinski definition) is 1. The summed E-state index contributed by atoms with van der Waals surface area (Å²) in [5.41, 5.74) is 6.25. The predicted octanol–water partition coefficient (Wildman–Crippen LogP) is 2.20. The first-order valence-electron chi connectivity index (χ1n) is 6.38. The van der Waals surface area contributed by atoms with Crippen molar-refractivity contribution in [1.29, 1.82) is 0 Å². The molecule has 1 atom stereocenters. The number of non-ortho nitro benzene ring substituents is 1. The van der Waals surface area contributed by atoms with Crippen LogP contribution in [-0.4, -0.2) is 22.5 Å². The molecule has 0 saturated heterocycles. The molecule has 2 N–H and O–H groups in total. The number of carbonyl (C=O) groups excluding carboxylic acids is 1. The lowest BCUT2D eigenvalue weighted by atomic mass is 10.0. The first-order chi connectivity index (χ1) is 9.17. The molecule has 0 radical (unpaired) electrons. The molecule has 1 aromatic rings. The molecular formula is C14H20N2O4. The molecule has 0 amide bonds. The topological polar surface area (TPSA) is 95.5 Å². The van der Waals surface area contributed by atoms with Gasteiger partial charge in [0.15, 0.2) is 0 Å². The van der Waals surface area contributed by atoms with Crippen molar-refractivity contribution in [3.05, 3.63) is 39.9 Å². The van der Waals surface area contributed by atoms with Crippen LogP contribution in [0.25, 0.3) is 0 Å². The molecule has 0 spiro atoms. The summed E-state index contributed by atoms with van der Waals surface area (Å²) in [4.78, 5) is 21.7. The quantitative estimate of drug-likeness (QED) is 0.506. The van der Waals surface area contributed by atoms with E-state index in [0.29, 0.717) is 6.42 Å². The number of carbonyl (C=O) groups is 1. The van der Waals surface area contributed by atoms with Crippen LogP contribution in [0.4, 0.5) is 5.69 Å². The molecule has 0 saturated carbocycles. The highest BCUT2D eigenvalue weighted by Crippen LogP contribution is 2.14. The average Bonchev–Trinajstić information content (AvgIpc) is 2.26. The van der Waals surface area contributed by atoms with Crippen molar-refractivity contribution in [3.63, 3.8) is 0 Å². The number of nitro benzene ring substituents is 1. The van der Waals surface area contributed by atoms with Gasteiger partial charge in [-0.15, -0.1) is 0 Å². The second-order valence-electron chi connectivity index (χ2n) is 5.68. The Morgan fingerprint density at radius 2 is 1.90 bits per heavy atom. The summed E-state index contributed by atoms with van der Waals surface area (Å²) in [7, 11) is 0. The summed E-state index contributed by atoms with van der Waals surface area (Å²) in [5, 5.41) is 10.5. The fraction of sp³-hybridized carbons (Fsp3) is 0.500. The van der Waals surface area contributed by atoms with E-state index in [1.54, 1.807) is 32.9 Å². The van der Waals surface area contributed by atoms with E-state index in [-0.39, 0.29) is 24.1 Å². The highest BCUT2D eigenvalue weighted by Gasteiger charge is 2.19. The number of esters is 1. The summed E-state index contributed by atoms with van der Waals surface area (Å²) >= 11 is 0. The van der Waals surface area contributed by atoms with Gasteiger partial charge in [-0.05, 0) is 32.8 Å². The second-order valence-corrected chi connectivity index (χ2v) is 5.68. The van der Waals surface area contributed by atoms with Gasteiger partial charge in [-0.25, -0.2) is 0 Å². The number of ether oxygens (including phenoxy) is 1. The van der Waals surface area contributed by atoms with Gasteiger partial charge in [-0.2, -0.15) is 0 Å². The fourth-order valence-electron chi connectivity index (χ4n) is 1.73. The Morgan fingerprint density at radius 1 is 1.35 bits per heavy atom. The van der Waals surface area contributed by atoms with Crippen LogP contribution in [0.5, 0.6) is 0 Å². The van der Waals surface area contributed by atoms with Crippen molar-refractivity contribution in [2.45, 2.75) is 45.3 Å². The summed E-state index contributed by atoms with van der Waals surface area (Å²) in [6, 6.07) is 5.77. The van der Waals surface area contributed by atoms with E-state index in [9.17, 15) is 14.9 Å². The molecule has 0 heterocycles. The molecule has 0 aromatic heterocycles. The Labute approximate surface area is 118 Å². The minimum absolute atomic E-state index is 0.0365. The number of hydrogen-bond acceptors (Lipinski definition) is 5. The Balaban J connectivity index is 2.52. The molecule has 0 aliphatic rings. The van der Waals surface area contributed by atoms with Crippen LogP contribution >= 0.6 is 0 Å². The van der Waals surface area contributed by atoms with Gasteiger partial charge in [0.1, 0.15) is 5.60 Å². The summed E-state index contributed by atoms with van der Waals surface area (Å²) < 4.78 is 5.19. The molecule has 0 aliphatic heterocycles. The van der Waals surface area contributed by atoms with E-state index in [2.05, 4.69) is 0 Å². The largest absolute Gasteiger partial charge is 0.460 e. The van der Waals surface area contributed by atoms with Gasteiger partial charge in [-0.1, -0.05) is 12.1 Å². The van der Waals surface area contributed by atoms with Crippen LogP contribution in [0, 0.1) is 10.1 Å². The third-order valence-corrected chi connectivity index (χ3v) is 2.49. The van der Waals surface area contributed by atoms with Crippen molar-refractivity contribution < 1.29 is 14.5 Å². The van der Waals surface area contributed by atoms with E-state index in [4.69, 9.17) is 10.5 Å². The maximum Gasteiger partial charge on any atom is 0.307 e. The van der Waals surface area contributed by atoms with E-state index in [1.807, 2.05) is 0 Å². The third kappa shape index (κ3) is 5.79. The molecule has 0 fully saturated rings. The lowest BCUT2D eigenvalue weighted by Gasteiger charge is -2.20. The normalized spacial score (nSPS) is 12.8. The van der Waals surface area contributed by atoms with Gasteiger partial charge in [0, 0.05) is 18.2 Å². The highest BCUT2D eigenvalue weighted by molar-refractivity contribution is 5.70. The van der Waals surface area contributed by atoms with Gasteiger partial charge in [0.2, 0.25) is 0 Å². The van der Waals surface area contributed by atoms with Crippen molar-refractivity contribution in [1.82, 2.24) is 0 Å². The first-order valence-corrected chi connectivity index (χ1v) is 6.38. The van der Waals surface area contributed by atoms with Crippen molar-refractivity contribution >= 4 is 11.7 Å². The maximum atomic E-state index is 11.6. The van der Waals surface area contributed by atoms with E-state index >= 15 is 0 Å². The zero-order valence-electron chi connectivity index (χ0n) is 12.0. The number of benzene rings is 1. The second kappa shape index (κ2) is 6.47. The molecule has 1 unspecified atom stereocenters. The van der Waals surface area contributed by atoms with Crippen molar-refractivity contribution in [2.75, 3.05) is 0 Å². The lowest BCUT2D eigenvalue weighted by Crippen LogP contribution is -2.31. The minimum atomic E-state index is -0.524. The van der Waals surface area contributed by atoms with Crippen LogP contribution in [0.15, 0.2) is 24.3 Å². The smallest absolute Gasteiger partial charge is 0.307 e. The fourth-order valence-corrected chi connectivity index (χ4v) is 1.73. The Kier molecular flexibility index (Phi) is 5.21. The van der Waals surface area contributed by atoms with Gasteiger partial charge in [0.05, 0.1) is 11.3 Å². The minimum Gasteiger partial charge on any atom is -0.460 e. The van der Waals surface area contributed by atoms with Crippen molar-refractivity contribution in [2.24, 2.45) is 5.73 Å². The van der Waals surface area contributed by atoms with E-state index in [1.165, 1.54) is 12.1 Å². The van der Waals surface area contributed by atoms with Crippen LogP contribution in [0.2, 0.25) is 0 Å². The van der Waals surface area contributed by atoms with Gasteiger partial charge >= 0.3 is 5.97 Å². The van der Waals surface area contributed by atoms with Crippen molar-refractivity contribution in [3.8, 4) is 0 Å². The standard InChI is InChI=1S/C14H20N2O4/c1-14(2,3)20-13(17)9-11(15)8-10-4-6-12(7-5-10)16(18)19/h4-7,11H,8-9,15H2,1-3H3. The Bertz CT molecular complexity index is 477. The van der Waals surface area contributed by atoms with Gasteiger partial charge in [0.25, 0.3) is 5.69 Å². The number of nitrogens with zero attached hydrogens (tertiary/aromatic N) is 1. The average molecular weight is 280 g/mol. The van der Waals surface area contributed by atoms with Gasteiger partial charge in [-0.3, -0.25) is 14.9 Å². The van der Waals surface area contributed by atoms with Gasteiger partial charge < -0.3 is 10.5 Å². The zero-order chi connectivity index (χ0) is 15.3. The van der Waals surface area contributed by atoms with E-state index in [0.717, 1.165) is 5.56 Å². The summed E-state index contributed by atoms with van der Waals surface area (Å²) in [5.74, 6) is -0.341. The number of rotatable bonds is 5. The monoisotopic (exact) mass is 280 g/mol. The molecule has 6 heteroatoms. The molecular weight excluding hydrogens is 260 g/mol. The Hall–Kier alpha value is -1.95. The van der Waals surface area contributed by atoms with E-state index < -0.39 is 10.5 Å². The lowest BCUT2D eigenvalue weighted by molar-refractivity contribution is -0.384. The summed E-state index contributed by atoms with van der Waals surface area (Å²) in [6.45, 7) is 5.40. The molecule has 1 aromatic carbocycles. The Morgan fingerprint density at radius 3 is 2.35 bits per heavy atom. The molecule has 110 valence electrons. The summed E-state index contributed by atoms with van der Waals surface area (Å²) in [6.07, 6.45) is 0.589. The molecule has 0 bridgehead atoms. The van der Waals surface area contributed by atoms with Crippen LogP contribution in [0.3, 0.4) is 0 Å². The number of nitro groups is 1. The number of nitrogens with two attached hydrogens (primary N) is 1. The van der Waals surface area contributed by atoms with Crippen LogP contribution in [-0.2, 0) is 16.0 Å². The van der Waals surface area contributed by atoms with Crippen LogP contribution < -0.4 is 5.73 Å². The molecule has 20 heavy (non-hydrogen) atoms. The van der Waals surface area contributed by atoms with Crippen LogP contribution in [0.1, 0.15) is 32.8 Å². The first kappa shape index (κ1) is 16.1. The maximum absolute atomic E-state index is 11.6. The SMILES string of the molecule is CC(C)(C)OC(=O)CC(N)Cc1ccc([N+](=O)[O-])cc1. The molecule has 1 rings (SSSR count). The zero-order valence-corrected chi connectivity index (χ0v) is 12.0. The predicted molar refractivity (Wildman–Crippen MR) is 75.2 cm³/mol. The molecule has 0 aliphatic carbocycles. The highest BCUT2D eigenvalue weighted by atomic mass is 16.6. The third-order valence-electron chi connectivity index (χ3n) is 2.49.